The van der Waals surface area contributed by atoms with Gasteiger partial charge in [-0.15, -0.1) is 11.3 Å². The molecule has 2 aromatic carbocycles. The van der Waals surface area contributed by atoms with E-state index in [1.54, 1.807) is 11.3 Å². The number of hydrogen-bond donors (Lipinski definition) is 0. The lowest BCUT2D eigenvalue weighted by Gasteiger charge is -2.36. The van der Waals surface area contributed by atoms with Crippen LogP contribution in [0.2, 0.25) is 0 Å². The topological polar surface area (TPSA) is 39.7 Å². The predicted molar refractivity (Wildman–Crippen MR) is 117 cm³/mol. The van der Waals surface area contributed by atoms with Crippen LogP contribution in [0.1, 0.15) is 16.1 Å². The van der Waals surface area contributed by atoms with Crippen molar-refractivity contribution in [3.63, 3.8) is 0 Å². The number of para-hydroxylation sites is 1. The van der Waals surface area contributed by atoms with Gasteiger partial charge in [-0.05, 0) is 29.7 Å². The molecule has 0 saturated carbocycles. The van der Waals surface area contributed by atoms with Gasteiger partial charge in [0.2, 0.25) is 5.91 Å². The first-order valence-corrected chi connectivity index (χ1v) is 11.2. The van der Waals surface area contributed by atoms with Crippen LogP contribution in [-0.2, 0) is 24.3 Å². The minimum Gasteiger partial charge on any atom is -0.337 e. The molecule has 6 heteroatoms. The van der Waals surface area contributed by atoms with E-state index in [2.05, 4.69) is 52.3 Å². The Hall–Kier alpha value is -2.28. The van der Waals surface area contributed by atoms with Gasteiger partial charge in [0.05, 0.1) is 23.3 Å². The predicted octanol–water partition coefficient (Wildman–Crippen LogP) is 3.00. The van der Waals surface area contributed by atoms with E-state index in [4.69, 9.17) is 4.98 Å². The van der Waals surface area contributed by atoms with Gasteiger partial charge < -0.3 is 4.90 Å². The molecule has 0 bridgehead atoms. The number of amides is 1. The second-order valence-corrected chi connectivity index (χ2v) is 9.08. The maximum Gasteiger partial charge on any atom is 0.237 e. The van der Waals surface area contributed by atoms with E-state index in [0.717, 1.165) is 57.8 Å². The first kappa shape index (κ1) is 18.7. The number of aromatic nitrogens is 1. The molecule has 3 heterocycles. The molecule has 0 atom stereocenters. The van der Waals surface area contributed by atoms with Crippen LogP contribution >= 0.6 is 11.3 Å². The van der Waals surface area contributed by atoms with Crippen LogP contribution in [-0.4, -0.2) is 64.9 Å². The van der Waals surface area contributed by atoms with Crippen molar-refractivity contribution in [2.45, 2.75) is 19.5 Å². The van der Waals surface area contributed by atoms with Gasteiger partial charge >= 0.3 is 0 Å². The quantitative estimate of drug-likeness (QED) is 0.668. The first-order chi connectivity index (χ1) is 14.2. The van der Waals surface area contributed by atoms with Gasteiger partial charge in [0.25, 0.3) is 0 Å². The first-order valence-electron chi connectivity index (χ1n) is 10.4. The molecule has 1 amide bonds. The number of hydrogen-bond acceptors (Lipinski definition) is 5. The zero-order chi connectivity index (χ0) is 19.6. The minimum atomic E-state index is 0.263. The standard InChI is InChI=1S/C23H26N4OS/c28-23(27-10-9-18-5-1-2-6-19(18)15-27)17-26-13-11-25(12-14-26)16-22-24-20-7-3-4-8-21(20)29-22/h1-8H,9-17H2. The molecule has 0 radical (unpaired) electrons. The van der Waals surface area contributed by atoms with Gasteiger partial charge in [-0.1, -0.05) is 36.4 Å². The highest BCUT2D eigenvalue weighted by molar-refractivity contribution is 7.18. The number of piperazine rings is 1. The minimum absolute atomic E-state index is 0.263. The van der Waals surface area contributed by atoms with Crippen molar-refractivity contribution in [2.24, 2.45) is 0 Å². The monoisotopic (exact) mass is 406 g/mol. The Labute approximate surface area is 175 Å². The van der Waals surface area contributed by atoms with E-state index in [9.17, 15) is 4.79 Å². The van der Waals surface area contributed by atoms with Gasteiger partial charge in [0.1, 0.15) is 5.01 Å². The zero-order valence-electron chi connectivity index (χ0n) is 16.6. The van der Waals surface area contributed by atoms with Crippen LogP contribution in [0.5, 0.6) is 0 Å². The average molecular weight is 407 g/mol. The molecule has 1 saturated heterocycles. The van der Waals surface area contributed by atoms with E-state index >= 15 is 0 Å². The number of fused-ring (bicyclic) bond motifs is 2. The lowest BCUT2D eigenvalue weighted by atomic mass is 10.00. The molecule has 0 aliphatic carbocycles. The van der Waals surface area contributed by atoms with E-state index in [1.165, 1.54) is 20.8 Å². The van der Waals surface area contributed by atoms with Gasteiger partial charge in [-0.3, -0.25) is 14.6 Å². The Morgan fingerprint density at radius 3 is 2.45 bits per heavy atom. The van der Waals surface area contributed by atoms with Crippen molar-refractivity contribution in [3.05, 3.63) is 64.7 Å². The molecular formula is C23H26N4OS. The van der Waals surface area contributed by atoms with Crippen molar-refractivity contribution in [1.82, 2.24) is 19.7 Å². The Morgan fingerprint density at radius 1 is 0.897 bits per heavy atom. The fourth-order valence-corrected chi connectivity index (χ4v) is 5.29. The van der Waals surface area contributed by atoms with Crippen molar-refractivity contribution in [2.75, 3.05) is 39.3 Å². The Kier molecular flexibility index (Phi) is 5.31. The molecule has 5 rings (SSSR count). The van der Waals surface area contributed by atoms with Crippen molar-refractivity contribution >= 4 is 27.5 Å². The van der Waals surface area contributed by atoms with Crippen molar-refractivity contribution in [1.29, 1.82) is 0 Å². The van der Waals surface area contributed by atoms with Crippen LogP contribution in [0.25, 0.3) is 10.2 Å². The molecule has 3 aromatic rings. The highest BCUT2D eigenvalue weighted by atomic mass is 32.1. The summed E-state index contributed by atoms with van der Waals surface area (Å²) >= 11 is 1.79. The zero-order valence-corrected chi connectivity index (χ0v) is 17.4. The maximum atomic E-state index is 12.8. The second-order valence-electron chi connectivity index (χ2n) is 7.96. The Morgan fingerprint density at radius 2 is 1.62 bits per heavy atom. The van der Waals surface area contributed by atoms with Crippen molar-refractivity contribution < 1.29 is 4.79 Å². The van der Waals surface area contributed by atoms with Gasteiger partial charge in [-0.2, -0.15) is 0 Å². The third kappa shape index (κ3) is 4.20. The summed E-state index contributed by atoms with van der Waals surface area (Å²) in [7, 11) is 0. The lowest BCUT2D eigenvalue weighted by molar-refractivity contribution is -0.133. The molecule has 29 heavy (non-hydrogen) atoms. The summed E-state index contributed by atoms with van der Waals surface area (Å²) in [5, 5.41) is 1.18. The van der Waals surface area contributed by atoms with Crippen LogP contribution in [0.4, 0.5) is 0 Å². The fourth-order valence-electron chi connectivity index (χ4n) is 4.28. The molecule has 5 nitrogen and oxygen atoms in total. The summed E-state index contributed by atoms with van der Waals surface area (Å²) in [5.41, 5.74) is 3.78. The van der Waals surface area contributed by atoms with E-state index in [1.807, 2.05) is 11.0 Å². The summed E-state index contributed by atoms with van der Waals surface area (Å²) in [6.45, 7) is 6.92. The fraction of sp³-hybridized carbons (Fsp3) is 0.391. The van der Waals surface area contributed by atoms with Gasteiger partial charge in [-0.25, -0.2) is 4.98 Å². The average Bonchev–Trinajstić information content (AvgIpc) is 3.17. The Balaban J connectivity index is 1.12. The molecule has 2 aliphatic heterocycles. The number of nitrogens with zero attached hydrogens (tertiary/aromatic N) is 4. The maximum absolute atomic E-state index is 12.8. The molecule has 1 aromatic heterocycles. The number of carbonyl (C=O) groups is 1. The highest BCUT2D eigenvalue weighted by Crippen LogP contribution is 2.23. The van der Waals surface area contributed by atoms with Crippen LogP contribution in [0.15, 0.2) is 48.5 Å². The van der Waals surface area contributed by atoms with E-state index < -0.39 is 0 Å². The summed E-state index contributed by atoms with van der Waals surface area (Å²) < 4.78 is 1.26. The molecule has 0 N–H and O–H groups in total. The third-order valence-electron chi connectivity index (χ3n) is 6.00. The smallest absolute Gasteiger partial charge is 0.237 e. The second kappa shape index (κ2) is 8.22. The number of thiazole rings is 1. The molecule has 150 valence electrons. The number of benzene rings is 2. The SMILES string of the molecule is O=C(CN1CCN(Cc2nc3ccccc3s2)CC1)N1CCc2ccccc2C1. The largest absolute Gasteiger partial charge is 0.337 e. The van der Waals surface area contributed by atoms with Crippen LogP contribution in [0, 0.1) is 0 Å². The summed E-state index contributed by atoms with van der Waals surface area (Å²) in [4.78, 5) is 24.3. The van der Waals surface area contributed by atoms with Crippen LogP contribution < -0.4 is 0 Å². The van der Waals surface area contributed by atoms with E-state index in [-0.39, 0.29) is 5.91 Å². The summed E-state index contributed by atoms with van der Waals surface area (Å²) in [6, 6.07) is 16.8. The third-order valence-corrected chi connectivity index (χ3v) is 7.03. The Bertz CT molecular complexity index is 976. The number of carbonyl (C=O) groups excluding carboxylic acids is 1. The van der Waals surface area contributed by atoms with Crippen molar-refractivity contribution in [3.8, 4) is 0 Å². The highest BCUT2D eigenvalue weighted by Gasteiger charge is 2.24. The lowest BCUT2D eigenvalue weighted by Crippen LogP contribution is -2.50. The van der Waals surface area contributed by atoms with Gasteiger partial charge in [0, 0.05) is 39.3 Å². The normalized spacial score (nSPS) is 18.1. The summed E-state index contributed by atoms with van der Waals surface area (Å²) in [6.07, 6.45) is 0.970. The number of rotatable bonds is 4. The van der Waals surface area contributed by atoms with E-state index in [0.29, 0.717) is 6.54 Å². The van der Waals surface area contributed by atoms with Gasteiger partial charge in [0.15, 0.2) is 0 Å². The molecular weight excluding hydrogens is 380 g/mol. The molecule has 0 unspecified atom stereocenters. The van der Waals surface area contributed by atoms with Crippen LogP contribution in [0.3, 0.4) is 0 Å². The summed E-state index contributed by atoms with van der Waals surface area (Å²) in [5.74, 6) is 0.263. The molecule has 1 fully saturated rings. The molecule has 2 aliphatic rings. The molecule has 0 spiro atoms.